The van der Waals surface area contributed by atoms with Crippen LogP contribution in [0, 0.1) is 0 Å². The van der Waals surface area contributed by atoms with Gasteiger partial charge in [0.2, 0.25) is 11.9 Å². The Kier molecular flexibility index (Phi) is 7.92. The van der Waals surface area contributed by atoms with Crippen LogP contribution < -0.4 is 15.4 Å². The maximum atomic E-state index is 12.3. The summed E-state index contributed by atoms with van der Waals surface area (Å²) in [4.78, 5) is 23.7. The maximum Gasteiger partial charge on any atom is 0.322 e. The van der Waals surface area contributed by atoms with Crippen LogP contribution in [0.15, 0.2) is 61.3 Å². The molecule has 224 valence electrons. The molecule has 1 atom stereocenters. The number of carbonyl (C=O) groups is 1. The Labute approximate surface area is 253 Å². The van der Waals surface area contributed by atoms with E-state index >= 15 is 0 Å². The van der Waals surface area contributed by atoms with Crippen molar-refractivity contribution in [1.82, 2.24) is 29.8 Å². The van der Waals surface area contributed by atoms with Crippen molar-refractivity contribution in [3.05, 3.63) is 83.6 Å². The number of anilines is 1. The van der Waals surface area contributed by atoms with Gasteiger partial charge < -0.3 is 20.3 Å². The van der Waals surface area contributed by atoms with Gasteiger partial charge >= 0.3 is 6.01 Å². The van der Waals surface area contributed by atoms with E-state index in [0.717, 1.165) is 48.1 Å². The molecule has 43 heavy (non-hydrogen) atoms. The molecule has 2 aliphatic rings. The molecule has 9 heteroatoms. The second-order valence-electron chi connectivity index (χ2n) is 12.5. The number of piperidine rings is 1. The third-order valence-electron chi connectivity index (χ3n) is 8.67. The average Bonchev–Trinajstić information content (AvgIpc) is 3.45. The van der Waals surface area contributed by atoms with E-state index in [1.54, 1.807) is 4.52 Å². The molecule has 0 radical (unpaired) electrons. The lowest BCUT2D eigenvalue weighted by Crippen LogP contribution is -2.50. The second kappa shape index (κ2) is 11.8. The zero-order valence-corrected chi connectivity index (χ0v) is 25.6. The average molecular weight is 580 g/mol. The fraction of sp³-hybridized carbons (Fsp3) is 0.412. The van der Waals surface area contributed by atoms with Crippen molar-refractivity contribution in [2.45, 2.75) is 77.6 Å². The Bertz CT molecular complexity index is 1650. The third kappa shape index (κ3) is 5.99. The van der Waals surface area contributed by atoms with E-state index < -0.39 is 0 Å². The van der Waals surface area contributed by atoms with E-state index in [0.29, 0.717) is 31.6 Å². The summed E-state index contributed by atoms with van der Waals surface area (Å²) in [5.74, 6) is 0.829. The molecule has 1 unspecified atom stereocenters. The topological polar surface area (TPSA) is 96.7 Å². The molecule has 2 N–H and O–H groups in total. The monoisotopic (exact) mass is 579 g/mol. The van der Waals surface area contributed by atoms with Gasteiger partial charge in [0.05, 0.1) is 6.20 Å². The third-order valence-corrected chi connectivity index (χ3v) is 8.67. The van der Waals surface area contributed by atoms with Crippen molar-refractivity contribution >= 4 is 17.5 Å². The van der Waals surface area contributed by atoms with E-state index in [1.165, 1.54) is 22.8 Å². The molecule has 0 bridgehead atoms. The highest BCUT2D eigenvalue weighted by atomic mass is 16.5. The molecule has 1 saturated heterocycles. The van der Waals surface area contributed by atoms with Gasteiger partial charge in [-0.15, -0.1) is 0 Å². The van der Waals surface area contributed by atoms with Crippen LogP contribution in [-0.2, 0) is 24.3 Å². The highest BCUT2D eigenvalue weighted by Crippen LogP contribution is 2.33. The van der Waals surface area contributed by atoms with Crippen LogP contribution in [0.25, 0.3) is 16.8 Å². The van der Waals surface area contributed by atoms with Crippen LogP contribution >= 0.6 is 0 Å². The molecule has 0 spiro atoms. The Morgan fingerprint density at radius 3 is 2.77 bits per heavy atom. The van der Waals surface area contributed by atoms with Crippen LogP contribution in [0.5, 0.6) is 6.01 Å². The van der Waals surface area contributed by atoms with Gasteiger partial charge in [-0.1, -0.05) is 62.9 Å². The Morgan fingerprint density at radius 2 is 2.00 bits per heavy atom. The summed E-state index contributed by atoms with van der Waals surface area (Å²) in [7, 11) is 0. The Hall–Kier alpha value is -4.24. The molecule has 4 aromatic rings. The number of ether oxygens (including phenoxy) is 1. The molecule has 0 aliphatic carbocycles. The molecule has 6 rings (SSSR count). The van der Waals surface area contributed by atoms with E-state index in [9.17, 15) is 4.79 Å². The van der Waals surface area contributed by atoms with Crippen LogP contribution in [0.3, 0.4) is 0 Å². The van der Waals surface area contributed by atoms with Gasteiger partial charge in [0, 0.05) is 37.3 Å². The van der Waals surface area contributed by atoms with Gasteiger partial charge in [-0.2, -0.15) is 19.6 Å². The van der Waals surface area contributed by atoms with Crippen LogP contribution in [0.2, 0.25) is 0 Å². The first-order valence-corrected chi connectivity index (χ1v) is 15.2. The highest BCUT2D eigenvalue weighted by Gasteiger charge is 2.28. The quantitative estimate of drug-likeness (QED) is 0.266. The molecule has 1 fully saturated rings. The summed E-state index contributed by atoms with van der Waals surface area (Å²) in [5.41, 5.74) is 7.91. The number of fused-ring (bicyclic) bond motifs is 2. The van der Waals surface area contributed by atoms with Crippen molar-refractivity contribution in [2.24, 2.45) is 0 Å². The Balaban J connectivity index is 1.29. The number of benzene rings is 2. The molecule has 0 saturated carbocycles. The van der Waals surface area contributed by atoms with E-state index in [2.05, 4.69) is 92.5 Å². The predicted molar refractivity (Wildman–Crippen MR) is 169 cm³/mol. The molecule has 2 aliphatic heterocycles. The molecule has 1 amide bonds. The molecule has 4 heterocycles. The van der Waals surface area contributed by atoms with Gasteiger partial charge in [0.25, 0.3) is 0 Å². The minimum Gasteiger partial charge on any atom is -0.459 e. The lowest BCUT2D eigenvalue weighted by atomic mass is 9.88. The van der Waals surface area contributed by atoms with Gasteiger partial charge in [0.1, 0.15) is 6.10 Å². The number of amides is 1. The molecular formula is C34H41N7O2. The molecule has 2 aromatic heterocycles. The smallest absolute Gasteiger partial charge is 0.322 e. The van der Waals surface area contributed by atoms with Crippen LogP contribution in [-0.4, -0.2) is 55.1 Å². The number of aromatic nitrogens is 4. The number of nitrogens with zero attached hydrogens (tertiary/aromatic N) is 5. The van der Waals surface area contributed by atoms with E-state index in [4.69, 9.17) is 14.7 Å². The fourth-order valence-electron chi connectivity index (χ4n) is 6.09. The van der Waals surface area contributed by atoms with Gasteiger partial charge in [-0.25, -0.2) is 0 Å². The minimum absolute atomic E-state index is 0.0106. The molecule has 2 aromatic carbocycles. The first-order valence-electron chi connectivity index (χ1n) is 15.2. The molecular weight excluding hydrogens is 538 g/mol. The standard InChI is InChI=1S/C34H41N7O2/c1-6-30(42)40-17-15-27-24(21-40)11-9-13-28(27)26-12-8-7-10-23(26)18-35-32-39-33(43-25-14-16-34(4,5)36-19-25)38-31-29(22(2)3)20-37-41(31)32/h6-13,20,22,25,36H,1,14-19,21H2,2-5H3,(H,35,38,39). The van der Waals surface area contributed by atoms with Gasteiger partial charge in [0.15, 0.2) is 5.65 Å². The summed E-state index contributed by atoms with van der Waals surface area (Å²) in [6.07, 6.45) is 6.06. The number of hydrogen-bond acceptors (Lipinski definition) is 7. The lowest BCUT2D eigenvalue weighted by molar-refractivity contribution is -0.126. The van der Waals surface area contributed by atoms with Crippen molar-refractivity contribution in [2.75, 3.05) is 18.4 Å². The summed E-state index contributed by atoms with van der Waals surface area (Å²) >= 11 is 0. The van der Waals surface area contributed by atoms with Crippen molar-refractivity contribution < 1.29 is 9.53 Å². The maximum absolute atomic E-state index is 12.3. The largest absolute Gasteiger partial charge is 0.459 e. The summed E-state index contributed by atoms with van der Waals surface area (Å²) in [6.45, 7) is 15.0. The minimum atomic E-state index is -0.0250. The second-order valence-corrected chi connectivity index (χ2v) is 12.5. The summed E-state index contributed by atoms with van der Waals surface area (Å²) < 4.78 is 8.12. The first-order chi connectivity index (χ1) is 20.7. The van der Waals surface area contributed by atoms with E-state index in [-0.39, 0.29) is 23.5 Å². The number of nitrogens with one attached hydrogen (secondary N) is 2. The SMILES string of the molecule is C=CC(=O)N1CCc2c(cccc2-c2ccccc2CNc2nc(OC3CCC(C)(C)NC3)nc3c(C(C)C)cnn23)C1. The van der Waals surface area contributed by atoms with Gasteiger partial charge in [-0.05, 0) is 72.9 Å². The van der Waals surface area contributed by atoms with Crippen molar-refractivity contribution in [1.29, 1.82) is 0 Å². The molecule has 9 nitrogen and oxygen atoms in total. The lowest BCUT2D eigenvalue weighted by Gasteiger charge is -2.35. The first kappa shape index (κ1) is 28.9. The fourth-order valence-corrected chi connectivity index (χ4v) is 6.09. The summed E-state index contributed by atoms with van der Waals surface area (Å²) in [5, 5.41) is 11.8. The normalized spacial score (nSPS) is 18.0. The number of rotatable bonds is 8. The highest BCUT2D eigenvalue weighted by molar-refractivity contribution is 5.87. The van der Waals surface area contributed by atoms with E-state index in [1.807, 2.05) is 11.1 Å². The zero-order chi connectivity index (χ0) is 30.1. The Morgan fingerprint density at radius 1 is 1.19 bits per heavy atom. The number of carbonyl (C=O) groups excluding carboxylic acids is 1. The van der Waals surface area contributed by atoms with Gasteiger partial charge in [-0.3, -0.25) is 4.79 Å². The number of hydrogen-bond donors (Lipinski definition) is 2. The van der Waals surface area contributed by atoms with Crippen LogP contribution in [0.1, 0.15) is 68.7 Å². The zero-order valence-electron chi connectivity index (χ0n) is 25.6. The summed E-state index contributed by atoms with van der Waals surface area (Å²) in [6, 6.07) is 15.2. The predicted octanol–water partition coefficient (Wildman–Crippen LogP) is 5.51. The van der Waals surface area contributed by atoms with Crippen molar-refractivity contribution in [3.8, 4) is 17.1 Å². The van der Waals surface area contributed by atoms with Crippen LogP contribution in [0.4, 0.5) is 5.95 Å². The van der Waals surface area contributed by atoms with Crippen molar-refractivity contribution in [3.63, 3.8) is 0 Å².